The van der Waals surface area contributed by atoms with E-state index in [1.807, 2.05) is 0 Å². The maximum Gasteiger partial charge on any atom is 0.164 e. The van der Waals surface area contributed by atoms with Crippen molar-refractivity contribution in [1.29, 1.82) is 0 Å². The minimum Gasteiger partial charge on any atom is -0.208 e. The van der Waals surface area contributed by atoms with Gasteiger partial charge in [-0.1, -0.05) is 23.2 Å². The first-order valence-electron chi connectivity index (χ1n) is 8.33. The third kappa shape index (κ3) is 4.23. The van der Waals surface area contributed by atoms with Crippen molar-refractivity contribution in [3.8, 4) is 34.2 Å². The van der Waals surface area contributed by atoms with Gasteiger partial charge in [-0.05, 0) is 60.7 Å². The van der Waals surface area contributed by atoms with Gasteiger partial charge in [0.25, 0.3) is 0 Å². The van der Waals surface area contributed by atoms with Gasteiger partial charge in [0.2, 0.25) is 0 Å². The Balaban J connectivity index is 1.93. The normalized spacial score (nSPS) is 10.9. The van der Waals surface area contributed by atoms with Crippen LogP contribution in [-0.2, 0) is 0 Å². The molecule has 0 amide bonds. The summed E-state index contributed by atoms with van der Waals surface area (Å²) in [6, 6.07) is 13.7. The first kappa shape index (κ1) is 19.4. The van der Waals surface area contributed by atoms with Crippen molar-refractivity contribution in [2.24, 2.45) is 0 Å². The lowest BCUT2D eigenvalue weighted by Gasteiger charge is -2.09. The number of hydrogen-bond acceptors (Lipinski definition) is 3. The second kappa shape index (κ2) is 7.81. The molecule has 29 heavy (non-hydrogen) atoms. The van der Waals surface area contributed by atoms with Crippen molar-refractivity contribution in [1.82, 2.24) is 15.0 Å². The van der Waals surface area contributed by atoms with Crippen LogP contribution in [0.3, 0.4) is 0 Å². The number of aromatic nitrogens is 3. The molecule has 1 aromatic heterocycles. The molecule has 0 fully saturated rings. The van der Waals surface area contributed by atoms with Crippen molar-refractivity contribution >= 4 is 23.2 Å². The van der Waals surface area contributed by atoms with E-state index in [1.165, 1.54) is 30.3 Å². The summed E-state index contributed by atoms with van der Waals surface area (Å²) in [6.07, 6.45) is 0. The lowest BCUT2D eigenvalue weighted by molar-refractivity contribution is 0.509. The van der Waals surface area contributed by atoms with Crippen molar-refractivity contribution < 1.29 is 13.2 Å². The molecule has 144 valence electrons. The molecule has 0 unspecified atom stereocenters. The molecule has 0 spiro atoms. The highest BCUT2D eigenvalue weighted by molar-refractivity contribution is 6.35. The van der Waals surface area contributed by atoms with Gasteiger partial charge >= 0.3 is 0 Å². The highest BCUT2D eigenvalue weighted by atomic mass is 35.5. The maximum absolute atomic E-state index is 13.7. The van der Waals surface area contributed by atoms with E-state index < -0.39 is 17.5 Å². The zero-order valence-electron chi connectivity index (χ0n) is 14.5. The number of rotatable bonds is 3. The van der Waals surface area contributed by atoms with Crippen LogP contribution in [0.15, 0.2) is 60.7 Å². The van der Waals surface area contributed by atoms with Gasteiger partial charge in [0.15, 0.2) is 29.1 Å². The van der Waals surface area contributed by atoms with E-state index in [9.17, 15) is 13.2 Å². The molecule has 4 rings (SSSR count). The zero-order chi connectivity index (χ0) is 20.5. The SMILES string of the molecule is Fc1ccc(-c2nc(-c3cc(Cl)cc(Cl)c3)nc(-c3ccc(F)c(F)c3)n2)cc1. The lowest BCUT2D eigenvalue weighted by atomic mass is 10.1. The molecule has 8 heteroatoms. The Morgan fingerprint density at radius 3 is 1.62 bits per heavy atom. The maximum atomic E-state index is 13.7. The molecule has 1 heterocycles. The van der Waals surface area contributed by atoms with E-state index >= 15 is 0 Å². The fourth-order valence-electron chi connectivity index (χ4n) is 2.68. The Morgan fingerprint density at radius 2 is 1.03 bits per heavy atom. The predicted octanol–water partition coefficient (Wildman–Crippen LogP) is 6.60. The highest BCUT2D eigenvalue weighted by Gasteiger charge is 2.14. The first-order valence-corrected chi connectivity index (χ1v) is 9.08. The van der Waals surface area contributed by atoms with Gasteiger partial charge in [0.05, 0.1) is 0 Å². The van der Waals surface area contributed by atoms with E-state index in [2.05, 4.69) is 15.0 Å². The highest BCUT2D eigenvalue weighted by Crippen LogP contribution is 2.29. The van der Waals surface area contributed by atoms with E-state index in [1.54, 1.807) is 18.2 Å². The lowest BCUT2D eigenvalue weighted by Crippen LogP contribution is -2.01. The van der Waals surface area contributed by atoms with Gasteiger partial charge in [-0.3, -0.25) is 0 Å². The smallest absolute Gasteiger partial charge is 0.164 e. The summed E-state index contributed by atoms with van der Waals surface area (Å²) in [5.74, 6) is -1.86. The minimum absolute atomic E-state index is 0.115. The van der Waals surface area contributed by atoms with Crippen molar-refractivity contribution in [2.75, 3.05) is 0 Å². The van der Waals surface area contributed by atoms with E-state index in [-0.39, 0.29) is 23.0 Å². The second-order valence-electron chi connectivity index (χ2n) is 6.10. The molecule has 3 nitrogen and oxygen atoms in total. The van der Waals surface area contributed by atoms with Gasteiger partial charge < -0.3 is 0 Å². The van der Waals surface area contributed by atoms with Crippen LogP contribution in [0.5, 0.6) is 0 Å². The van der Waals surface area contributed by atoms with Gasteiger partial charge in [-0.2, -0.15) is 0 Å². The van der Waals surface area contributed by atoms with Crippen LogP contribution in [0.1, 0.15) is 0 Å². The van der Waals surface area contributed by atoms with Crippen LogP contribution < -0.4 is 0 Å². The van der Waals surface area contributed by atoms with Crippen LogP contribution in [0, 0.1) is 17.5 Å². The Kier molecular flexibility index (Phi) is 5.22. The molecule has 0 N–H and O–H groups in total. The molecule has 0 atom stereocenters. The molecule has 0 aliphatic carbocycles. The summed E-state index contributed by atoms with van der Waals surface area (Å²) < 4.78 is 40.4. The fraction of sp³-hybridized carbons (Fsp3) is 0. The first-order chi connectivity index (χ1) is 13.9. The fourth-order valence-corrected chi connectivity index (χ4v) is 3.21. The zero-order valence-corrected chi connectivity index (χ0v) is 16.0. The number of halogens is 5. The van der Waals surface area contributed by atoms with Gasteiger partial charge in [0.1, 0.15) is 5.82 Å². The third-order valence-electron chi connectivity index (χ3n) is 4.04. The standard InChI is InChI=1S/C21H10Cl2F3N3/c22-14-7-13(8-15(23)10-14)21-28-19(11-1-4-16(24)5-2-11)27-20(29-21)12-3-6-17(25)18(26)9-12/h1-10H. The van der Waals surface area contributed by atoms with E-state index in [0.717, 1.165) is 12.1 Å². The number of benzene rings is 3. The van der Waals surface area contributed by atoms with E-state index in [0.29, 0.717) is 21.2 Å². The third-order valence-corrected chi connectivity index (χ3v) is 4.47. The Labute approximate surface area is 173 Å². The van der Waals surface area contributed by atoms with Crippen LogP contribution >= 0.6 is 23.2 Å². The summed E-state index contributed by atoms with van der Waals surface area (Å²) >= 11 is 12.2. The summed E-state index contributed by atoms with van der Waals surface area (Å²) in [5, 5.41) is 0.760. The number of nitrogens with zero attached hydrogens (tertiary/aromatic N) is 3. The minimum atomic E-state index is -1.03. The van der Waals surface area contributed by atoms with Gasteiger partial charge in [0, 0.05) is 26.7 Å². The Hall–Kier alpha value is -2.96. The molecule has 3 aromatic carbocycles. The Bertz CT molecular complexity index is 1190. The molecule has 0 radical (unpaired) electrons. The van der Waals surface area contributed by atoms with Gasteiger partial charge in [-0.15, -0.1) is 0 Å². The molecule has 0 aliphatic rings. The molecular formula is C21H10Cl2F3N3. The van der Waals surface area contributed by atoms with Crippen molar-refractivity contribution in [2.45, 2.75) is 0 Å². The number of hydrogen-bond donors (Lipinski definition) is 0. The molecule has 0 bridgehead atoms. The summed E-state index contributed by atoms with van der Waals surface area (Å²) in [4.78, 5) is 13.1. The van der Waals surface area contributed by atoms with Crippen molar-refractivity contribution in [3.05, 3.63) is 88.2 Å². The quantitative estimate of drug-likeness (QED) is 0.366. The monoisotopic (exact) mass is 431 g/mol. The second-order valence-corrected chi connectivity index (χ2v) is 6.97. The molecule has 0 aliphatic heterocycles. The summed E-state index contributed by atoms with van der Waals surface area (Å²) in [5.41, 5.74) is 1.29. The van der Waals surface area contributed by atoms with Crippen LogP contribution in [0.4, 0.5) is 13.2 Å². The average molecular weight is 432 g/mol. The average Bonchev–Trinajstić information content (AvgIpc) is 2.69. The summed E-state index contributed by atoms with van der Waals surface area (Å²) in [6.45, 7) is 0. The van der Waals surface area contributed by atoms with Gasteiger partial charge in [-0.25, -0.2) is 28.1 Å². The topological polar surface area (TPSA) is 38.7 Å². The molecule has 0 saturated heterocycles. The molecular weight excluding hydrogens is 422 g/mol. The van der Waals surface area contributed by atoms with Crippen LogP contribution in [-0.4, -0.2) is 15.0 Å². The Morgan fingerprint density at radius 1 is 0.517 bits per heavy atom. The van der Waals surface area contributed by atoms with Crippen LogP contribution in [0.2, 0.25) is 10.0 Å². The van der Waals surface area contributed by atoms with Crippen molar-refractivity contribution in [3.63, 3.8) is 0 Å². The molecule has 0 saturated carbocycles. The molecule has 4 aromatic rings. The summed E-state index contributed by atoms with van der Waals surface area (Å²) in [7, 11) is 0. The van der Waals surface area contributed by atoms with Crippen LogP contribution in [0.25, 0.3) is 34.2 Å². The largest absolute Gasteiger partial charge is 0.208 e. The predicted molar refractivity (Wildman–Crippen MR) is 106 cm³/mol. The van der Waals surface area contributed by atoms with E-state index in [4.69, 9.17) is 23.2 Å².